The van der Waals surface area contributed by atoms with Crippen molar-refractivity contribution in [1.29, 1.82) is 0 Å². The maximum absolute atomic E-state index is 13.3. The predicted octanol–water partition coefficient (Wildman–Crippen LogP) is 3.04. The molecular formula is C18H19ClO5. The van der Waals surface area contributed by atoms with Crippen LogP contribution in [0.25, 0.3) is 0 Å². The van der Waals surface area contributed by atoms with E-state index in [1.165, 1.54) is 7.11 Å². The Hall–Kier alpha value is -1.88. The van der Waals surface area contributed by atoms with Crippen molar-refractivity contribution in [2.45, 2.75) is 32.8 Å². The van der Waals surface area contributed by atoms with E-state index >= 15 is 0 Å². The highest BCUT2D eigenvalue weighted by Crippen LogP contribution is 2.80. The molecule has 1 aliphatic heterocycles. The number of Topliss-reactive ketones (excluding diaryl/α,β-unsaturated/α-hetero) is 1. The number of halogens is 1. The van der Waals surface area contributed by atoms with E-state index in [1.807, 2.05) is 0 Å². The lowest BCUT2D eigenvalue weighted by Gasteiger charge is -2.28. The molecule has 1 aromatic carbocycles. The van der Waals surface area contributed by atoms with Gasteiger partial charge in [-0.15, -0.1) is 0 Å². The molecule has 0 N–H and O–H groups in total. The second-order valence-corrected chi connectivity index (χ2v) is 7.32. The van der Waals surface area contributed by atoms with Crippen LogP contribution < -0.4 is 0 Å². The van der Waals surface area contributed by atoms with Gasteiger partial charge in [0.05, 0.1) is 12.5 Å². The summed E-state index contributed by atoms with van der Waals surface area (Å²) in [4.78, 5) is 38.5. The van der Waals surface area contributed by atoms with Gasteiger partial charge in [-0.1, -0.05) is 18.5 Å². The van der Waals surface area contributed by atoms with Crippen molar-refractivity contribution >= 4 is 29.3 Å². The van der Waals surface area contributed by atoms with Crippen LogP contribution in [0.4, 0.5) is 0 Å². The summed E-state index contributed by atoms with van der Waals surface area (Å²) >= 11 is 5.89. The van der Waals surface area contributed by atoms with Crippen LogP contribution in [0.5, 0.6) is 0 Å². The first-order chi connectivity index (χ1) is 11.2. The number of ketones is 1. The molecular weight excluding hydrogens is 332 g/mol. The molecule has 6 heteroatoms. The van der Waals surface area contributed by atoms with Crippen molar-refractivity contribution in [3.63, 3.8) is 0 Å². The van der Waals surface area contributed by atoms with Crippen LogP contribution in [-0.4, -0.2) is 30.4 Å². The SMILES string of the molecule is CC[C@]1(C(=O)c2ccc(Cl)cc2)[C@H]2C(C)(C)OC(=O)[C@@]21C(=O)OC. The number of ether oxygens (including phenoxy) is 2. The number of rotatable bonds is 4. The Bertz CT molecular complexity index is 738. The molecule has 5 nitrogen and oxygen atoms in total. The van der Waals surface area contributed by atoms with Crippen molar-refractivity contribution < 1.29 is 23.9 Å². The second kappa shape index (κ2) is 5.06. The Balaban J connectivity index is 2.16. The first-order valence-electron chi connectivity index (χ1n) is 7.82. The third kappa shape index (κ3) is 1.73. The van der Waals surface area contributed by atoms with Crippen LogP contribution in [0.3, 0.4) is 0 Å². The largest absolute Gasteiger partial charge is 0.468 e. The van der Waals surface area contributed by atoms with Gasteiger partial charge in [-0.25, -0.2) is 0 Å². The average molecular weight is 351 g/mol. The van der Waals surface area contributed by atoms with E-state index in [9.17, 15) is 14.4 Å². The topological polar surface area (TPSA) is 69.7 Å². The summed E-state index contributed by atoms with van der Waals surface area (Å²) < 4.78 is 10.3. The van der Waals surface area contributed by atoms with E-state index in [-0.39, 0.29) is 5.78 Å². The molecule has 0 unspecified atom stereocenters. The normalized spacial score (nSPS) is 32.7. The summed E-state index contributed by atoms with van der Waals surface area (Å²) in [6, 6.07) is 6.45. The van der Waals surface area contributed by atoms with Gasteiger partial charge in [0.1, 0.15) is 5.60 Å². The highest BCUT2D eigenvalue weighted by molar-refractivity contribution is 6.30. The Morgan fingerprint density at radius 2 is 1.83 bits per heavy atom. The van der Waals surface area contributed by atoms with E-state index in [0.717, 1.165) is 0 Å². The van der Waals surface area contributed by atoms with Gasteiger partial charge < -0.3 is 9.47 Å². The van der Waals surface area contributed by atoms with Crippen LogP contribution in [0.1, 0.15) is 37.6 Å². The number of esters is 2. The molecule has 0 bridgehead atoms. The van der Waals surface area contributed by atoms with Crippen molar-refractivity contribution in [3.05, 3.63) is 34.9 Å². The van der Waals surface area contributed by atoms with Crippen molar-refractivity contribution in [2.24, 2.45) is 16.7 Å². The van der Waals surface area contributed by atoms with Crippen LogP contribution >= 0.6 is 11.6 Å². The lowest BCUT2D eigenvalue weighted by molar-refractivity contribution is -0.165. The molecule has 0 spiro atoms. The number of hydrogen-bond donors (Lipinski definition) is 0. The fraction of sp³-hybridized carbons (Fsp3) is 0.500. The maximum Gasteiger partial charge on any atom is 0.325 e. The number of carbonyl (C=O) groups excluding carboxylic acids is 3. The van der Waals surface area contributed by atoms with Crippen molar-refractivity contribution in [3.8, 4) is 0 Å². The number of fused-ring (bicyclic) bond motifs is 1. The van der Waals surface area contributed by atoms with Gasteiger partial charge in [0.25, 0.3) is 0 Å². The Morgan fingerprint density at radius 3 is 2.33 bits per heavy atom. The number of carbonyl (C=O) groups is 3. The van der Waals surface area contributed by atoms with Crippen LogP contribution in [0, 0.1) is 16.7 Å². The maximum atomic E-state index is 13.3. The molecule has 3 rings (SSSR count). The minimum atomic E-state index is -1.56. The van der Waals surface area contributed by atoms with E-state index in [4.69, 9.17) is 21.1 Å². The van der Waals surface area contributed by atoms with Gasteiger partial charge in [-0.05, 0) is 44.5 Å². The van der Waals surface area contributed by atoms with Crippen LogP contribution in [-0.2, 0) is 19.1 Å². The molecule has 1 saturated heterocycles. The molecule has 2 aliphatic rings. The summed E-state index contributed by atoms with van der Waals surface area (Å²) in [6.07, 6.45) is 0.340. The zero-order valence-electron chi connectivity index (χ0n) is 14.0. The summed E-state index contributed by atoms with van der Waals surface area (Å²) in [6.45, 7) is 5.26. The van der Waals surface area contributed by atoms with Gasteiger partial charge in [0, 0.05) is 16.5 Å². The molecule has 1 heterocycles. The predicted molar refractivity (Wildman–Crippen MR) is 86.6 cm³/mol. The molecule has 3 atom stereocenters. The Kier molecular flexibility index (Phi) is 3.57. The van der Waals surface area contributed by atoms with Crippen molar-refractivity contribution in [2.75, 3.05) is 7.11 Å². The molecule has 0 amide bonds. The fourth-order valence-corrected chi connectivity index (χ4v) is 4.81. The number of methoxy groups -OCH3 is 1. The Labute approximate surface area is 145 Å². The Morgan fingerprint density at radius 1 is 1.25 bits per heavy atom. The quantitative estimate of drug-likeness (QED) is 0.474. The van der Waals surface area contributed by atoms with E-state index < -0.39 is 34.3 Å². The first-order valence-corrected chi connectivity index (χ1v) is 8.20. The molecule has 24 heavy (non-hydrogen) atoms. The summed E-state index contributed by atoms with van der Waals surface area (Å²) in [5.41, 5.74) is -3.20. The number of hydrogen-bond acceptors (Lipinski definition) is 5. The standard InChI is InChI=1S/C18H19ClO5/c1-5-17(12(20)10-6-8-11(19)9-7-10)13-16(2,3)24-15(22)18(13,17)14(21)23-4/h6-9,13H,5H2,1-4H3/t13-,17+,18+/m1/s1. The summed E-state index contributed by atoms with van der Waals surface area (Å²) in [5, 5.41) is 0.510. The molecule has 2 fully saturated rings. The second-order valence-electron chi connectivity index (χ2n) is 6.89. The average Bonchev–Trinajstić information content (AvgIpc) is 3.14. The summed E-state index contributed by atoms with van der Waals surface area (Å²) in [5.74, 6) is -2.17. The number of cyclic esters (lactones) is 1. The third-order valence-corrected chi connectivity index (χ3v) is 5.75. The van der Waals surface area contributed by atoms with E-state index in [1.54, 1.807) is 45.0 Å². The third-order valence-electron chi connectivity index (χ3n) is 5.50. The van der Waals surface area contributed by atoms with Crippen LogP contribution in [0.2, 0.25) is 5.02 Å². The van der Waals surface area contributed by atoms with Gasteiger partial charge in [-0.3, -0.25) is 14.4 Å². The zero-order valence-corrected chi connectivity index (χ0v) is 14.8. The van der Waals surface area contributed by atoms with Crippen LogP contribution in [0.15, 0.2) is 24.3 Å². The lowest BCUT2D eigenvalue weighted by atomic mass is 9.81. The molecule has 0 aromatic heterocycles. The molecule has 128 valence electrons. The van der Waals surface area contributed by atoms with Crippen molar-refractivity contribution in [1.82, 2.24) is 0 Å². The number of benzene rings is 1. The monoisotopic (exact) mass is 350 g/mol. The minimum absolute atomic E-state index is 0.248. The molecule has 1 aromatic rings. The van der Waals surface area contributed by atoms with E-state index in [0.29, 0.717) is 17.0 Å². The fourth-order valence-electron chi connectivity index (χ4n) is 4.68. The lowest BCUT2D eigenvalue weighted by Crippen LogP contribution is -2.40. The molecule has 1 saturated carbocycles. The van der Waals surface area contributed by atoms with Gasteiger partial charge in [0.15, 0.2) is 11.2 Å². The molecule has 0 radical (unpaired) electrons. The summed E-state index contributed by atoms with van der Waals surface area (Å²) in [7, 11) is 1.22. The zero-order chi connectivity index (χ0) is 17.9. The van der Waals surface area contributed by atoms with Gasteiger partial charge in [0.2, 0.25) is 0 Å². The molecule has 1 aliphatic carbocycles. The van der Waals surface area contributed by atoms with E-state index in [2.05, 4.69) is 0 Å². The van der Waals surface area contributed by atoms with Gasteiger partial charge in [-0.2, -0.15) is 0 Å². The van der Waals surface area contributed by atoms with Gasteiger partial charge >= 0.3 is 11.9 Å². The smallest absolute Gasteiger partial charge is 0.325 e. The first kappa shape index (κ1) is 17.0. The minimum Gasteiger partial charge on any atom is -0.468 e. The highest BCUT2D eigenvalue weighted by Gasteiger charge is 2.95. The highest BCUT2D eigenvalue weighted by atomic mass is 35.5.